The van der Waals surface area contributed by atoms with Gasteiger partial charge in [0, 0.05) is 0 Å². The maximum Gasteiger partial charge on any atom is 0.328 e. The van der Waals surface area contributed by atoms with Crippen molar-refractivity contribution >= 4 is 57.5 Å². The van der Waals surface area contributed by atoms with Crippen LogP contribution in [0.2, 0.25) is 0 Å². The summed E-state index contributed by atoms with van der Waals surface area (Å²) >= 11 is 2.87. The second-order valence-corrected chi connectivity index (χ2v) is 7.54. The van der Waals surface area contributed by atoms with Crippen LogP contribution in [0.1, 0.15) is 12.5 Å². The van der Waals surface area contributed by atoms with E-state index >= 15 is 0 Å². The first-order valence-electron chi connectivity index (χ1n) is 7.80. The van der Waals surface area contributed by atoms with Crippen LogP contribution in [0.5, 0.6) is 11.5 Å². The number of esters is 1. The Bertz CT molecular complexity index is 822. The van der Waals surface area contributed by atoms with Gasteiger partial charge in [-0.05, 0) is 65.0 Å². The number of amides is 2. The van der Waals surface area contributed by atoms with Crippen LogP contribution in [0.15, 0.2) is 29.7 Å². The average Bonchev–Trinajstić information content (AvgIpc) is 2.92. The lowest BCUT2D eigenvalue weighted by molar-refractivity contribution is -0.148. The molecule has 1 saturated heterocycles. The van der Waals surface area contributed by atoms with Crippen molar-refractivity contribution < 1.29 is 28.6 Å². The van der Waals surface area contributed by atoms with Crippen molar-refractivity contribution in [1.82, 2.24) is 4.90 Å². The van der Waals surface area contributed by atoms with Gasteiger partial charge in [-0.1, -0.05) is 12.7 Å². The van der Waals surface area contributed by atoms with Crippen LogP contribution in [-0.2, 0) is 14.3 Å². The average molecular weight is 503 g/mol. The normalized spacial score (nSPS) is 16.4. The number of hydrogen-bond acceptors (Lipinski definition) is 7. The molecule has 0 aromatic heterocycles. The predicted octanol–water partition coefficient (Wildman–Crippen LogP) is 3.46. The maximum absolute atomic E-state index is 12.6. The highest BCUT2D eigenvalue weighted by Gasteiger charge is 2.41. The number of methoxy groups -OCH3 is 2. The van der Waals surface area contributed by atoms with Gasteiger partial charge in [0.05, 0.1) is 22.7 Å². The van der Waals surface area contributed by atoms with Crippen molar-refractivity contribution in [1.29, 1.82) is 0 Å². The molecule has 27 heavy (non-hydrogen) atoms. The van der Waals surface area contributed by atoms with Gasteiger partial charge >= 0.3 is 5.97 Å². The number of nitrogens with zero attached hydrogens (tertiary/aromatic N) is 1. The lowest BCUT2D eigenvalue weighted by Gasteiger charge is -2.18. The minimum atomic E-state index is -0.988. The van der Waals surface area contributed by atoms with Gasteiger partial charge in [-0.2, -0.15) is 0 Å². The van der Waals surface area contributed by atoms with Crippen LogP contribution in [0.4, 0.5) is 4.79 Å². The Morgan fingerprint density at radius 3 is 2.67 bits per heavy atom. The zero-order chi connectivity index (χ0) is 20.1. The Kier molecular flexibility index (Phi) is 7.31. The van der Waals surface area contributed by atoms with E-state index in [0.29, 0.717) is 23.7 Å². The Morgan fingerprint density at radius 2 is 2.07 bits per heavy atom. The van der Waals surface area contributed by atoms with Gasteiger partial charge in [-0.15, -0.1) is 0 Å². The highest BCUT2D eigenvalue weighted by Crippen LogP contribution is 2.37. The first-order valence-corrected chi connectivity index (χ1v) is 9.69. The van der Waals surface area contributed by atoms with Crippen molar-refractivity contribution in [3.63, 3.8) is 0 Å². The minimum Gasteiger partial charge on any atom is -0.493 e. The van der Waals surface area contributed by atoms with E-state index in [1.807, 2.05) is 0 Å². The molecule has 0 radical (unpaired) electrons. The molecule has 1 fully saturated rings. The van der Waals surface area contributed by atoms with Crippen LogP contribution in [-0.4, -0.2) is 48.9 Å². The van der Waals surface area contributed by atoms with Gasteiger partial charge < -0.3 is 14.2 Å². The number of ether oxygens (including phenoxy) is 3. The van der Waals surface area contributed by atoms with Crippen LogP contribution >= 0.6 is 34.4 Å². The minimum absolute atomic E-state index is 0.216. The third-order valence-electron chi connectivity index (χ3n) is 3.65. The fourth-order valence-corrected chi connectivity index (χ4v) is 4.04. The molecule has 0 spiro atoms. The zero-order valence-electron chi connectivity index (χ0n) is 15.0. The number of imide groups is 1. The molecule has 0 N–H and O–H groups in total. The van der Waals surface area contributed by atoms with Crippen LogP contribution < -0.4 is 9.47 Å². The summed E-state index contributed by atoms with van der Waals surface area (Å²) < 4.78 is 16.4. The molecule has 1 aromatic carbocycles. The van der Waals surface area contributed by atoms with Gasteiger partial charge in [0.25, 0.3) is 11.1 Å². The maximum atomic E-state index is 12.6. The van der Waals surface area contributed by atoms with E-state index in [2.05, 4.69) is 33.9 Å². The van der Waals surface area contributed by atoms with Gasteiger partial charge in [0.15, 0.2) is 11.5 Å². The second-order valence-electron chi connectivity index (χ2n) is 5.38. The Balaban J connectivity index is 2.35. The standard InChI is InChI=1S/C18H18INO6S/c1-5-6-26-15-12(19)7-11(8-13(15)24-3)9-14-16(21)20(18(23)27-14)10(2)17(22)25-4/h5,7-10H,1,6H2,2-4H3. The topological polar surface area (TPSA) is 82.1 Å². The number of hydrogen-bond donors (Lipinski definition) is 0. The van der Waals surface area contributed by atoms with Crippen LogP contribution in [0.25, 0.3) is 6.08 Å². The van der Waals surface area contributed by atoms with E-state index in [1.165, 1.54) is 21.1 Å². The molecule has 9 heteroatoms. The molecule has 7 nitrogen and oxygen atoms in total. The van der Waals surface area contributed by atoms with E-state index in [0.717, 1.165) is 20.2 Å². The summed E-state index contributed by atoms with van der Waals surface area (Å²) in [5.41, 5.74) is 0.665. The van der Waals surface area contributed by atoms with Crippen LogP contribution in [0, 0.1) is 3.57 Å². The van der Waals surface area contributed by atoms with Crippen molar-refractivity contribution in [2.24, 2.45) is 0 Å². The van der Waals surface area contributed by atoms with Gasteiger partial charge in [-0.25, -0.2) is 4.79 Å². The smallest absolute Gasteiger partial charge is 0.328 e. The van der Waals surface area contributed by atoms with E-state index in [-0.39, 0.29) is 4.91 Å². The summed E-state index contributed by atoms with van der Waals surface area (Å²) in [5.74, 6) is -0.123. The summed E-state index contributed by atoms with van der Waals surface area (Å²) in [6.45, 7) is 5.39. The third kappa shape index (κ3) is 4.64. The van der Waals surface area contributed by atoms with E-state index in [4.69, 9.17) is 9.47 Å². The molecule has 2 amide bonds. The molecular weight excluding hydrogens is 485 g/mol. The predicted molar refractivity (Wildman–Crippen MR) is 111 cm³/mol. The number of thioether (sulfide) groups is 1. The Labute approximate surface area is 174 Å². The van der Waals surface area contributed by atoms with Gasteiger partial charge in [-0.3, -0.25) is 14.5 Å². The molecule has 0 aliphatic carbocycles. The second kappa shape index (κ2) is 9.27. The lowest BCUT2D eigenvalue weighted by Crippen LogP contribution is -2.42. The summed E-state index contributed by atoms with van der Waals surface area (Å²) in [7, 11) is 2.72. The molecule has 1 heterocycles. The monoisotopic (exact) mass is 503 g/mol. The third-order valence-corrected chi connectivity index (χ3v) is 5.33. The first kappa shape index (κ1) is 21.3. The highest BCUT2D eigenvalue weighted by molar-refractivity contribution is 14.1. The number of benzene rings is 1. The van der Waals surface area contributed by atoms with Gasteiger partial charge in [0.2, 0.25) is 0 Å². The molecule has 2 rings (SSSR count). The molecule has 1 aliphatic heterocycles. The van der Waals surface area contributed by atoms with Gasteiger partial charge in [0.1, 0.15) is 12.6 Å². The Hall–Kier alpha value is -2.01. The number of halogens is 1. The zero-order valence-corrected chi connectivity index (χ0v) is 18.0. The van der Waals surface area contributed by atoms with E-state index in [9.17, 15) is 14.4 Å². The highest BCUT2D eigenvalue weighted by atomic mass is 127. The summed E-state index contributed by atoms with van der Waals surface area (Å²) in [5, 5.41) is -0.517. The number of rotatable bonds is 7. The summed E-state index contributed by atoms with van der Waals surface area (Å²) in [4.78, 5) is 37.5. The summed E-state index contributed by atoms with van der Waals surface area (Å²) in [6, 6.07) is 2.52. The first-order chi connectivity index (χ1) is 12.8. The van der Waals surface area contributed by atoms with Crippen molar-refractivity contribution in [3.05, 3.63) is 38.8 Å². The molecule has 0 saturated carbocycles. The molecule has 1 unspecified atom stereocenters. The lowest BCUT2D eigenvalue weighted by atomic mass is 10.1. The molecule has 0 bridgehead atoms. The largest absolute Gasteiger partial charge is 0.493 e. The number of carbonyl (C=O) groups is 3. The molecule has 1 aromatic rings. The fourth-order valence-electron chi connectivity index (χ4n) is 2.35. The van der Waals surface area contributed by atoms with Crippen molar-refractivity contribution in [2.75, 3.05) is 20.8 Å². The molecule has 144 valence electrons. The van der Waals surface area contributed by atoms with Crippen molar-refractivity contribution in [2.45, 2.75) is 13.0 Å². The molecule has 1 aliphatic rings. The molecule has 1 atom stereocenters. The fraction of sp³-hybridized carbons (Fsp3) is 0.278. The Morgan fingerprint density at radius 1 is 1.37 bits per heavy atom. The van der Waals surface area contributed by atoms with E-state index < -0.39 is 23.2 Å². The quantitative estimate of drug-likeness (QED) is 0.244. The van der Waals surface area contributed by atoms with E-state index in [1.54, 1.807) is 24.3 Å². The van der Waals surface area contributed by atoms with Crippen LogP contribution in [0.3, 0.4) is 0 Å². The number of carbonyl (C=O) groups excluding carboxylic acids is 3. The molecular formula is C18H18INO6S. The van der Waals surface area contributed by atoms with Crippen molar-refractivity contribution in [3.8, 4) is 11.5 Å². The summed E-state index contributed by atoms with van der Waals surface area (Å²) in [6.07, 6.45) is 3.21. The SMILES string of the molecule is C=CCOc1c(I)cc(C=C2SC(=O)N(C(C)C(=O)OC)C2=O)cc1OC.